The van der Waals surface area contributed by atoms with Gasteiger partial charge in [0, 0.05) is 11.6 Å². The van der Waals surface area contributed by atoms with Crippen LogP contribution in [0.3, 0.4) is 0 Å². The molecule has 0 aliphatic rings. The fourth-order valence-electron chi connectivity index (χ4n) is 0.964. The first-order valence-electron chi connectivity index (χ1n) is 4.62. The Balaban J connectivity index is 2.54. The second kappa shape index (κ2) is 4.78. The van der Waals surface area contributed by atoms with Crippen molar-refractivity contribution >= 4 is 11.6 Å². The molecule has 1 aromatic rings. The van der Waals surface area contributed by atoms with Gasteiger partial charge in [-0.3, -0.25) is 0 Å². The summed E-state index contributed by atoms with van der Waals surface area (Å²) < 4.78 is 5.64. The molecule has 0 unspecified atom stereocenters. The zero-order valence-corrected chi connectivity index (χ0v) is 9.34. The summed E-state index contributed by atoms with van der Waals surface area (Å²) in [4.78, 5) is 0. The average molecular weight is 214 g/mol. The number of nitrogens with two attached hydrogens (primary N) is 1. The molecule has 0 fully saturated rings. The first-order valence-corrected chi connectivity index (χ1v) is 5.00. The summed E-state index contributed by atoms with van der Waals surface area (Å²) in [7, 11) is 0. The zero-order chi connectivity index (χ0) is 10.6. The topological polar surface area (TPSA) is 35.2 Å². The van der Waals surface area contributed by atoms with Gasteiger partial charge in [0.15, 0.2) is 0 Å². The van der Waals surface area contributed by atoms with Gasteiger partial charge in [0.2, 0.25) is 0 Å². The van der Waals surface area contributed by atoms with Crippen LogP contribution in [0.5, 0.6) is 0 Å². The van der Waals surface area contributed by atoms with Gasteiger partial charge in [-0.25, -0.2) is 0 Å². The molecule has 0 saturated heterocycles. The minimum Gasteiger partial charge on any atom is -0.370 e. The zero-order valence-electron chi connectivity index (χ0n) is 8.59. The van der Waals surface area contributed by atoms with Crippen LogP contribution >= 0.6 is 11.6 Å². The van der Waals surface area contributed by atoms with Crippen LogP contribution in [0, 0.1) is 0 Å². The van der Waals surface area contributed by atoms with Gasteiger partial charge in [0.05, 0.1) is 12.2 Å². The third-order valence-corrected chi connectivity index (χ3v) is 2.25. The smallest absolute Gasteiger partial charge is 0.0752 e. The first kappa shape index (κ1) is 11.5. The lowest BCUT2D eigenvalue weighted by molar-refractivity contribution is -0.0221. The second-order valence-electron chi connectivity index (χ2n) is 3.88. The number of rotatable bonds is 4. The van der Waals surface area contributed by atoms with Gasteiger partial charge >= 0.3 is 0 Å². The molecule has 2 nitrogen and oxygen atoms in total. The maximum Gasteiger partial charge on any atom is 0.0752 e. The molecule has 1 rings (SSSR count). The van der Waals surface area contributed by atoms with Crippen molar-refractivity contribution in [3.63, 3.8) is 0 Å². The van der Waals surface area contributed by atoms with Crippen LogP contribution in [0.15, 0.2) is 24.3 Å². The van der Waals surface area contributed by atoms with E-state index in [0.717, 1.165) is 10.6 Å². The number of halogens is 1. The van der Waals surface area contributed by atoms with E-state index in [1.165, 1.54) is 0 Å². The Bertz CT molecular complexity index is 299. The average Bonchev–Trinajstić information content (AvgIpc) is 2.15. The molecule has 1 aromatic carbocycles. The van der Waals surface area contributed by atoms with E-state index in [0.29, 0.717) is 13.2 Å². The summed E-state index contributed by atoms with van der Waals surface area (Å²) in [5.41, 5.74) is 6.34. The van der Waals surface area contributed by atoms with Crippen molar-refractivity contribution < 1.29 is 4.74 Å². The molecule has 0 bridgehead atoms. The van der Waals surface area contributed by atoms with E-state index >= 15 is 0 Å². The molecule has 14 heavy (non-hydrogen) atoms. The minimum atomic E-state index is -0.275. The largest absolute Gasteiger partial charge is 0.370 e. The highest BCUT2D eigenvalue weighted by molar-refractivity contribution is 6.30. The summed E-state index contributed by atoms with van der Waals surface area (Å²) in [6.07, 6.45) is 0. The molecule has 0 amide bonds. The van der Waals surface area contributed by atoms with Crippen LogP contribution in [-0.4, -0.2) is 12.1 Å². The standard InChI is InChI=1S/C11H16ClNO/c1-11(2,8-13)14-7-9-4-3-5-10(12)6-9/h3-6H,7-8,13H2,1-2H3. The lowest BCUT2D eigenvalue weighted by Crippen LogP contribution is -2.33. The Kier molecular flexibility index (Phi) is 3.93. The van der Waals surface area contributed by atoms with E-state index < -0.39 is 0 Å². The van der Waals surface area contributed by atoms with Crippen LogP contribution < -0.4 is 5.73 Å². The summed E-state index contributed by atoms with van der Waals surface area (Å²) >= 11 is 5.85. The van der Waals surface area contributed by atoms with Crippen molar-refractivity contribution in [3.05, 3.63) is 34.9 Å². The Hall–Kier alpha value is -0.570. The minimum absolute atomic E-state index is 0.275. The summed E-state index contributed by atoms with van der Waals surface area (Å²) in [5, 5.41) is 0.733. The number of benzene rings is 1. The normalized spacial score (nSPS) is 11.7. The van der Waals surface area contributed by atoms with E-state index in [4.69, 9.17) is 22.1 Å². The molecule has 0 heterocycles. The summed E-state index contributed by atoms with van der Waals surface area (Å²) in [6, 6.07) is 7.64. The van der Waals surface area contributed by atoms with Crippen LogP contribution in [-0.2, 0) is 11.3 Å². The van der Waals surface area contributed by atoms with Crippen LogP contribution in [0.4, 0.5) is 0 Å². The van der Waals surface area contributed by atoms with Crippen LogP contribution in [0.25, 0.3) is 0 Å². The maximum absolute atomic E-state index is 5.85. The van der Waals surface area contributed by atoms with Crippen molar-refractivity contribution in [2.45, 2.75) is 26.1 Å². The van der Waals surface area contributed by atoms with Gasteiger partial charge in [-0.05, 0) is 31.5 Å². The van der Waals surface area contributed by atoms with Gasteiger partial charge in [-0.1, -0.05) is 23.7 Å². The van der Waals surface area contributed by atoms with Crippen LogP contribution in [0.1, 0.15) is 19.4 Å². The summed E-state index contributed by atoms with van der Waals surface area (Å²) in [5.74, 6) is 0. The van der Waals surface area contributed by atoms with E-state index in [1.807, 2.05) is 38.1 Å². The lowest BCUT2D eigenvalue weighted by Gasteiger charge is -2.23. The molecule has 2 N–H and O–H groups in total. The Morgan fingerprint density at radius 2 is 2.14 bits per heavy atom. The van der Waals surface area contributed by atoms with E-state index in [2.05, 4.69) is 0 Å². The second-order valence-corrected chi connectivity index (χ2v) is 4.32. The van der Waals surface area contributed by atoms with Gasteiger partial charge < -0.3 is 10.5 Å². The molecular weight excluding hydrogens is 198 g/mol. The highest BCUT2D eigenvalue weighted by atomic mass is 35.5. The highest BCUT2D eigenvalue weighted by Crippen LogP contribution is 2.15. The molecule has 3 heteroatoms. The molecule has 0 aliphatic carbocycles. The molecule has 0 aliphatic heterocycles. The Morgan fingerprint density at radius 3 is 2.71 bits per heavy atom. The van der Waals surface area contributed by atoms with Gasteiger partial charge in [0.1, 0.15) is 0 Å². The summed E-state index contributed by atoms with van der Waals surface area (Å²) in [6.45, 7) is 4.99. The SMILES string of the molecule is CC(C)(CN)OCc1cccc(Cl)c1. The Morgan fingerprint density at radius 1 is 1.43 bits per heavy atom. The third kappa shape index (κ3) is 3.66. The van der Waals surface area contributed by atoms with Crippen LogP contribution in [0.2, 0.25) is 5.02 Å². The van der Waals surface area contributed by atoms with Gasteiger partial charge in [-0.15, -0.1) is 0 Å². The quantitative estimate of drug-likeness (QED) is 0.835. The molecule has 0 radical (unpaired) electrons. The van der Waals surface area contributed by atoms with Crippen molar-refractivity contribution in [3.8, 4) is 0 Å². The lowest BCUT2D eigenvalue weighted by atomic mass is 10.1. The monoisotopic (exact) mass is 213 g/mol. The predicted octanol–water partition coefficient (Wildman–Crippen LogP) is 2.59. The van der Waals surface area contributed by atoms with E-state index in [-0.39, 0.29) is 5.60 Å². The first-order chi connectivity index (χ1) is 6.53. The van der Waals surface area contributed by atoms with E-state index in [1.54, 1.807) is 0 Å². The van der Waals surface area contributed by atoms with Crippen molar-refractivity contribution in [2.75, 3.05) is 6.54 Å². The van der Waals surface area contributed by atoms with E-state index in [9.17, 15) is 0 Å². The number of hydrogen-bond donors (Lipinski definition) is 1. The van der Waals surface area contributed by atoms with Gasteiger partial charge in [0.25, 0.3) is 0 Å². The number of hydrogen-bond acceptors (Lipinski definition) is 2. The molecular formula is C11H16ClNO. The molecule has 0 aromatic heterocycles. The van der Waals surface area contributed by atoms with Gasteiger partial charge in [-0.2, -0.15) is 0 Å². The maximum atomic E-state index is 5.85. The molecule has 0 saturated carbocycles. The fourth-order valence-corrected chi connectivity index (χ4v) is 1.18. The third-order valence-electron chi connectivity index (χ3n) is 2.01. The van der Waals surface area contributed by atoms with Crippen molar-refractivity contribution in [1.29, 1.82) is 0 Å². The number of ether oxygens (including phenoxy) is 1. The van der Waals surface area contributed by atoms with Crippen molar-refractivity contribution in [2.24, 2.45) is 5.73 Å². The Labute approximate surface area is 90.0 Å². The molecule has 0 spiro atoms. The molecule has 0 atom stereocenters. The predicted molar refractivity (Wildman–Crippen MR) is 59.4 cm³/mol. The highest BCUT2D eigenvalue weighted by Gasteiger charge is 2.15. The molecule has 78 valence electrons. The fraction of sp³-hybridized carbons (Fsp3) is 0.455. The van der Waals surface area contributed by atoms with Crippen molar-refractivity contribution in [1.82, 2.24) is 0 Å².